The predicted octanol–water partition coefficient (Wildman–Crippen LogP) is 1.52. The van der Waals surface area contributed by atoms with Gasteiger partial charge in [-0.2, -0.15) is 0 Å². The molecule has 0 aromatic carbocycles. The first-order chi connectivity index (χ1) is 6.83. The molecule has 78 valence electrons. The fourth-order valence-electron chi connectivity index (χ4n) is 1.26. The van der Waals surface area contributed by atoms with Gasteiger partial charge in [-0.15, -0.1) is 0 Å². The highest BCUT2D eigenvalue weighted by atomic mass is 16.7. The van der Waals surface area contributed by atoms with Crippen LogP contribution in [0.5, 0.6) is 0 Å². The summed E-state index contributed by atoms with van der Waals surface area (Å²) < 4.78 is 15.3. The third-order valence-corrected chi connectivity index (χ3v) is 1.88. The first-order valence-electron chi connectivity index (χ1n) is 4.31. The standard InChI is InChI=1S/C10H15NO3/c1-12-7-8-5-4-6-11-9(8)10(13-2)14-3/h4-6,10H,7H2,1-3H3. The second-order valence-electron chi connectivity index (χ2n) is 2.78. The highest BCUT2D eigenvalue weighted by Gasteiger charge is 2.14. The van der Waals surface area contributed by atoms with E-state index in [2.05, 4.69) is 4.98 Å². The molecule has 0 aliphatic rings. The number of ether oxygens (including phenoxy) is 3. The first kappa shape index (κ1) is 11.1. The van der Waals surface area contributed by atoms with E-state index in [1.165, 1.54) is 0 Å². The number of pyridine rings is 1. The summed E-state index contributed by atoms with van der Waals surface area (Å²) in [5.74, 6) is 0. The van der Waals surface area contributed by atoms with Gasteiger partial charge in [0.25, 0.3) is 0 Å². The maximum absolute atomic E-state index is 5.13. The van der Waals surface area contributed by atoms with Crippen LogP contribution in [0.1, 0.15) is 17.5 Å². The minimum absolute atomic E-state index is 0.429. The molecule has 14 heavy (non-hydrogen) atoms. The lowest BCUT2D eigenvalue weighted by molar-refractivity contribution is -0.109. The number of rotatable bonds is 5. The number of nitrogens with zero attached hydrogens (tertiary/aromatic N) is 1. The third kappa shape index (κ3) is 2.51. The monoisotopic (exact) mass is 197 g/mol. The quantitative estimate of drug-likeness (QED) is 0.671. The molecule has 0 unspecified atom stereocenters. The molecule has 0 atom stereocenters. The van der Waals surface area contributed by atoms with E-state index in [1.54, 1.807) is 27.5 Å². The molecule has 0 fully saturated rings. The van der Waals surface area contributed by atoms with Crippen molar-refractivity contribution in [2.75, 3.05) is 21.3 Å². The van der Waals surface area contributed by atoms with Gasteiger partial charge >= 0.3 is 0 Å². The smallest absolute Gasteiger partial charge is 0.200 e. The molecule has 4 nitrogen and oxygen atoms in total. The number of aromatic nitrogens is 1. The van der Waals surface area contributed by atoms with Gasteiger partial charge in [0.05, 0.1) is 6.61 Å². The van der Waals surface area contributed by atoms with E-state index in [1.807, 2.05) is 12.1 Å². The van der Waals surface area contributed by atoms with Gasteiger partial charge in [0.15, 0.2) is 0 Å². The summed E-state index contributed by atoms with van der Waals surface area (Å²) in [6.07, 6.45) is 1.28. The summed E-state index contributed by atoms with van der Waals surface area (Å²) in [5.41, 5.74) is 1.74. The van der Waals surface area contributed by atoms with Crippen molar-refractivity contribution in [1.29, 1.82) is 0 Å². The van der Waals surface area contributed by atoms with Crippen LogP contribution in [-0.2, 0) is 20.8 Å². The highest BCUT2D eigenvalue weighted by molar-refractivity contribution is 5.20. The Labute approximate surface area is 83.8 Å². The van der Waals surface area contributed by atoms with Crippen molar-refractivity contribution in [1.82, 2.24) is 4.98 Å². The lowest BCUT2D eigenvalue weighted by Gasteiger charge is -2.15. The van der Waals surface area contributed by atoms with E-state index in [-0.39, 0.29) is 0 Å². The molecule has 1 rings (SSSR count). The summed E-state index contributed by atoms with van der Waals surface area (Å²) in [6.45, 7) is 0.506. The van der Waals surface area contributed by atoms with Crippen molar-refractivity contribution in [2.24, 2.45) is 0 Å². The fourth-order valence-corrected chi connectivity index (χ4v) is 1.26. The fraction of sp³-hybridized carbons (Fsp3) is 0.500. The molecule has 0 amide bonds. The Balaban J connectivity index is 2.92. The van der Waals surface area contributed by atoms with Crippen molar-refractivity contribution in [3.63, 3.8) is 0 Å². The molecule has 1 aromatic rings. The van der Waals surface area contributed by atoms with Crippen molar-refractivity contribution >= 4 is 0 Å². The molecule has 0 aliphatic carbocycles. The molecule has 1 aromatic heterocycles. The topological polar surface area (TPSA) is 40.6 Å². The Morgan fingerprint density at radius 3 is 2.57 bits per heavy atom. The number of methoxy groups -OCH3 is 3. The van der Waals surface area contributed by atoms with Gasteiger partial charge in [0.1, 0.15) is 5.69 Å². The molecular weight excluding hydrogens is 182 g/mol. The van der Waals surface area contributed by atoms with Crippen LogP contribution in [-0.4, -0.2) is 26.3 Å². The van der Waals surface area contributed by atoms with Crippen LogP contribution in [0.4, 0.5) is 0 Å². The summed E-state index contributed by atoms with van der Waals surface area (Å²) in [5, 5.41) is 0. The molecule has 4 heteroatoms. The van der Waals surface area contributed by atoms with E-state index in [0.717, 1.165) is 11.3 Å². The Morgan fingerprint density at radius 2 is 2.00 bits per heavy atom. The second-order valence-corrected chi connectivity index (χ2v) is 2.78. The lowest BCUT2D eigenvalue weighted by Crippen LogP contribution is -2.09. The minimum Gasteiger partial charge on any atom is -0.380 e. The largest absolute Gasteiger partial charge is 0.380 e. The molecule has 0 bridgehead atoms. The van der Waals surface area contributed by atoms with Gasteiger partial charge in [-0.05, 0) is 6.07 Å². The Kier molecular flexibility index (Phi) is 4.52. The summed E-state index contributed by atoms with van der Waals surface area (Å²) in [4.78, 5) is 4.21. The Bertz CT molecular complexity index is 274. The van der Waals surface area contributed by atoms with Gasteiger partial charge in [-0.3, -0.25) is 4.98 Å². The van der Waals surface area contributed by atoms with Crippen LogP contribution in [0.15, 0.2) is 18.3 Å². The van der Waals surface area contributed by atoms with Crippen LogP contribution < -0.4 is 0 Å². The van der Waals surface area contributed by atoms with Crippen molar-refractivity contribution in [3.8, 4) is 0 Å². The number of hydrogen-bond acceptors (Lipinski definition) is 4. The van der Waals surface area contributed by atoms with E-state index in [4.69, 9.17) is 14.2 Å². The maximum Gasteiger partial charge on any atom is 0.200 e. The van der Waals surface area contributed by atoms with Gasteiger partial charge in [0, 0.05) is 33.1 Å². The SMILES string of the molecule is COCc1cccnc1C(OC)OC. The summed E-state index contributed by atoms with van der Waals surface area (Å²) >= 11 is 0. The van der Waals surface area contributed by atoms with E-state index in [9.17, 15) is 0 Å². The normalized spacial score (nSPS) is 10.9. The predicted molar refractivity (Wildman–Crippen MR) is 51.7 cm³/mol. The highest BCUT2D eigenvalue weighted by Crippen LogP contribution is 2.19. The molecule has 0 aliphatic heterocycles. The zero-order valence-corrected chi connectivity index (χ0v) is 8.69. The average Bonchev–Trinajstić information content (AvgIpc) is 2.23. The zero-order valence-electron chi connectivity index (χ0n) is 8.69. The van der Waals surface area contributed by atoms with Crippen molar-refractivity contribution < 1.29 is 14.2 Å². The molecule has 1 heterocycles. The minimum atomic E-state index is -0.429. The van der Waals surface area contributed by atoms with Crippen molar-refractivity contribution in [2.45, 2.75) is 12.9 Å². The van der Waals surface area contributed by atoms with Crippen molar-refractivity contribution in [3.05, 3.63) is 29.6 Å². The van der Waals surface area contributed by atoms with Crippen LogP contribution >= 0.6 is 0 Å². The molecule has 0 radical (unpaired) electrons. The second kappa shape index (κ2) is 5.70. The lowest BCUT2D eigenvalue weighted by atomic mass is 10.2. The average molecular weight is 197 g/mol. The van der Waals surface area contributed by atoms with Gasteiger partial charge in [-0.25, -0.2) is 0 Å². The number of hydrogen-bond donors (Lipinski definition) is 0. The molecule has 0 N–H and O–H groups in total. The maximum atomic E-state index is 5.13. The molecule has 0 spiro atoms. The van der Waals surface area contributed by atoms with E-state index >= 15 is 0 Å². The first-order valence-corrected chi connectivity index (χ1v) is 4.31. The van der Waals surface area contributed by atoms with Crippen LogP contribution in [0, 0.1) is 0 Å². The van der Waals surface area contributed by atoms with Crippen LogP contribution in [0.3, 0.4) is 0 Å². The molecule has 0 saturated carbocycles. The molecule has 0 saturated heterocycles. The summed E-state index contributed by atoms with van der Waals surface area (Å²) in [7, 11) is 4.81. The molecular formula is C10H15NO3. The van der Waals surface area contributed by atoms with E-state index in [0.29, 0.717) is 6.61 Å². The van der Waals surface area contributed by atoms with E-state index < -0.39 is 6.29 Å². The zero-order chi connectivity index (χ0) is 10.4. The Hall–Kier alpha value is -0.970. The third-order valence-electron chi connectivity index (χ3n) is 1.88. The Morgan fingerprint density at radius 1 is 1.29 bits per heavy atom. The van der Waals surface area contributed by atoms with Crippen LogP contribution in [0.25, 0.3) is 0 Å². The van der Waals surface area contributed by atoms with Crippen LogP contribution in [0.2, 0.25) is 0 Å². The van der Waals surface area contributed by atoms with Gasteiger partial charge < -0.3 is 14.2 Å². The van der Waals surface area contributed by atoms with Gasteiger partial charge in [-0.1, -0.05) is 6.07 Å². The summed E-state index contributed by atoms with van der Waals surface area (Å²) in [6, 6.07) is 3.80. The van der Waals surface area contributed by atoms with Gasteiger partial charge in [0.2, 0.25) is 6.29 Å².